The van der Waals surface area contributed by atoms with Crippen LogP contribution in [0.15, 0.2) is 6.20 Å². The van der Waals surface area contributed by atoms with Gasteiger partial charge in [-0.3, -0.25) is 10.1 Å². The summed E-state index contributed by atoms with van der Waals surface area (Å²) in [5.41, 5.74) is -0.747. The Hall–Kier alpha value is -1.42. The zero-order valence-corrected chi connectivity index (χ0v) is 10.8. The third-order valence-corrected chi connectivity index (χ3v) is 3.54. The third kappa shape index (κ3) is 2.88. The van der Waals surface area contributed by atoms with Crippen LogP contribution in [0, 0.1) is 11.8 Å². The highest BCUT2D eigenvalue weighted by Crippen LogP contribution is 2.27. The molecule has 18 heavy (non-hydrogen) atoms. The maximum Gasteiger partial charge on any atom is 0.258 e. The Kier molecular flexibility index (Phi) is 3.97. The van der Waals surface area contributed by atoms with E-state index in [2.05, 4.69) is 22.1 Å². The Bertz CT molecular complexity index is 495. The van der Waals surface area contributed by atoms with Crippen molar-refractivity contribution >= 4 is 22.4 Å². The van der Waals surface area contributed by atoms with E-state index in [4.69, 9.17) is 9.84 Å². The molecule has 6 heteroatoms. The molecule has 1 saturated heterocycles. The first kappa shape index (κ1) is 13.0. The minimum atomic E-state index is -0.747. The van der Waals surface area contributed by atoms with Crippen molar-refractivity contribution in [1.82, 2.24) is 4.98 Å². The quantitative estimate of drug-likeness (QED) is 0.783. The van der Waals surface area contributed by atoms with E-state index in [1.807, 2.05) is 0 Å². The number of ether oxygens (including phenoxy) is 1. The molecule has 1 unspecified atom stereocenters. The number of aromatic nitrogens is 1. The van der Waals surface area contributed by atoms with E-state index in [0.717, 1.165) is 12.8 Å². The Morgan fingerprint density at radius 1 is 1.78 bits per heavy atom. The minimum absolute atomic E-state index is 0.170. The van der Waals surface area contributed by atoms with Crippen LogP contribution < -0.4 is 5.32 Å². The largest absolute Gasteiger partial charge is 0.384 e. The van der Waals surface area contributed by atoms with Gasteiger partial charge in [-0.05, 0) is 19.8 Å². The van der Waals surface area contributed by atoms with Crippen LogP contribution in [0.4, 0.5) is 5.13 Å². The van der Waals surface area contributed by atoms with E-state index in [1.165, 1.54) is 11.3 Å². The van der Waals surface area contributed by atoms with Crippen LogP contribution in [0.2, 0.25) is 0 Å². The van der Waals surface area contributed by atoms with Crippen LogP contribution in [0.5, 0.6) is 0 Å². The number of amides is 1. The molecule has 5 nitrogen and oxygen atoms in total. The summed E-state index contributed by atoms with van der Waals surface area (Å²) in [6.07, 6.45) is 3.19. The van der Waals surface area contributed by atoms with E-state index in [-0.39, 0.29) is 12.5 Å². The van der Waals surface area contributed by atoms with Gasteiger partial charge in [-0.25, -0.2) is 4.98 Å². The second-order valence-corrected chi connectivity index (χ2v) is 5.16. The zero-order valence-electron chi connectivity index (χ0n) is 10.0. The molecule has 2 rings (SSSR count). The van der Waals surface area contributed by atoms with Gasteiger partial charge in [-0.1, -0.05) is 23.2 Å². The highest BCUT2D eigenvalue weighted by molar-refractivity contribution is 7.16. The lowest BCUT2D eigenvalue weighted by atomic mass is 10.0. The summed E-state index contributed by atoms with van der Waals surface area (Å²) in [5.74, 6) is 5.10. The number of aliphatic hydroxyl groups excluding tert-OH is 1. The molecule has 1 aliphatic heterocycles. The van der Waals surface area contributed by atoms with Crippen molar-refractivity contribution in [2.24, 2.45) is 0 Å². The number of nitrogens with zero attached hydrogens (tertiary/aromatic N) is 1. The molecular formula is C12H14N2O3S. The second kappa shape index (κ2) is 5.48. The highest BCUT2D eigenvalue weighted by Gasteiger charge is 2.38. The van der Waals surface area contributed by atoms with Crippen molar-refractivity contribution in [2.75, 3.05) is 18.5 Å². The lowest BCUT2D eigenvalue weighted by molar-refractivity contribution is -0.133. The molecule has 0 spiro atoms. The molecule has 0 saturated carbocycles. The lowest BCUT2D eigenvalue weighted by Crippen LogP contribution is -2.39. The van der Waals surface area contributed by atoms with Gasteiger partial charge < -0.3 is 9.84 Å². The molecule has 1 fully saturated rings. The molecule has 1 atom stereocenters. The zero-order chi connectivity index (χ0) is 13.0. The van der Waals surface area contributed by atoms with E-state index in [1.54, 1.807) is 13.1 Å². The number of anilines is 1. The van der Waals surface area contributed by atoms with E-state index >= 15 is 0 Å². The average Bonchev–Trinajstić information content (AvgIpc) is 2.97. The predicted molar refractivity (Wildman–Crippen MR) is 68.3 cm³/mol. The van der Waals surface area contributed by atoms with Crippen LogP contribution in [-0.4, -0.2) is 34.8 Å². The van der Waals surface area contributed by atoms with Crippen LogP contribution in [0.1, 0.15) is 24.6 Å². The molecule has 0 aromatic carbocycles. The van der Waals surface area contributed by atoms with Crippen molar-refractivity contribution in [3.05, 3.63) is 11.1 Å². The van der Waals surface area contributed by atoms with Crippen molar-refractivity contribution in [1.29, 1.82) is 0 Å². The summed E-state index contributed by atoms with van der Waals surface area (Å²) in [6.45, 7) is 2.22. The number of carbonyl (C=O) groups excluding carboxylic acids is 1. The molecule has 1 aromatic rings. The van der Waals surface area contributed by atoms with Crippen LogP contribution in [-0.2, 0) is 9.53 Å². The summed E-state index contributed by atoms with van der Waals surface area (Å²) < 4.78 is 5.45. The normalized spacial score (nSPS) is 22.3. The Morgan fingerprint density at radius 3 is 3.28 bits per heavy atom. The molecule has 2 N–H and O–H groups in total. The van der Waals surface area contributed by atoms with Gasteiger partial charge in [0.15, 0.2) is 5.13 Å². The van der Waals surface area contributed by atoms with Crippen LogP contribution in [0.3, 0.4) is 0 Å². The highest BCUT2D eigenvalue weighted by atomic mass is 32.1. The van der Waals surface area contributed by atoms with E-state index < -0.39 is 5.60 Å². The van der Waals surface area contributed by atoms with Gasteiger partial charge in [-0.2, -0.15) is 0 Å². The number of aliphatic hydroxyl groups is 1. The van der Waals surface area contributed by atoms with Crippen molar-refractivity contribution in [3.63, 3.8) is 0 Å². The summed E-state index contributed by atoms with van der Waals surface area (Å²) in [6, 6.07) is 0. The second-order valence-electron chi connectivity index (χ2n) is 4.13. The lowest BCUT2D eigenvalue weighted by Gasteiger charge is -2.20. The molecular weight excluding hydrogens is 252 g/mol. The monoisotopic (exact) mass is 266 g/mol. The number of nitrogens with one attached hydrogen (secondary N) is 1. The van der Waals surface area contributed by atoms with Gasteiger partial charge in [0.05, 0.1) is 11.1 Å². The third-order valence-electron chi connectivity index (χ3n) is 2.72. The molecule has 2 heterocycles. The maximum atomic E-state index is 12.0. The smallest absolute Gasteiger partial charge is 0.258 e. The molecule has 96 valence electrons. The number of carbonyl (C=O) groups is 1. The summed E-state index contributed by atoms with van der Waals surface area (Å²) >= 11 is 1.28. The maximum absolute atomic E-state index is 12.0. The van der Waals surface area contributed by atoms with Crippen LogP contribution in [0.25, 0.3) is 0 Å². The number of hydrogen-bond donors (Lipinski definition) is 2. The minimum Gasteiger partial charge on any atom is -0.384 e. The SMILES string of the molecule is CC1(C(=O)Nc2ncc(C#CCO)s2)CCCO1. The first-order chi connectivity index (χ1) is 8.64. The number of thiazole rings is 1. The van der Waals surface area contributed by atoms with Crippen molar-refractivity contribution in [3.8, 4) is 11.8 Å². The topological polar surface area (TPSA) is 71.5 Å². The van der Waals surface area contributed by atoms with Gasteiger partial charge >= 0.3 is 0 Å². The van der Waals surface area contributed by atoms with E-state index in [9.17, 15) is 4.79 Å². The fourth-order valence-electron chi connectivity index (χ4n) is 1.70. The summed E-state index contributed by atoms with van der Waals surface area (Å²) in [5, 5.41) is 11.8. The molecule has 0 aliphatic carbocycles. The van der Waals surface area contributed by atoms with Crippen molar-refractivity contribution in [2.45, 2.75) is 25.4 Å². The summed E-state index contributed by atoms with van der Waals surface area (Å²) in [4.78, 5) is 16.8. The molecule has 0 radical (unpaired) electrons. The predicted octanol–water partition coefficient (Wildman–Crippen LogP) is 0.994. The first-order valence-electron chi connectivity index (χ1n) is 5.65. The fourth-order valence-corrected chi connectivity index (χ4v) is 2.39. The molecule has 0 bridgehead atoms. The Labute approximate surface area is 109 Å². The Morgan fingerprint density at radius 2 is 2.61 bits per heavy atom. The van der Waals surface area contributed by atoms with Gasteiger partial charge in [0.2, 0.25) is 0 Å². The molecule has 1 aromatic heterocycles. The summed E-state index contributed by atoms with van der Waals surface area (Å²) in [7, 11) is 0. The van der Waals surface area contributed by atoms with Gasteiger partial charge in [0.25, 0.3) is 5.91 Å². The van der Waals surface area contributed by atoms with Gasteiger partial charge in [0.1, 0.15) is 12.2 Å². The van der Waals surface area contributed by atoms with E-state index in [0.29, 0.717) is 16.6 Å². The Balaban J connectivity index is 2.01. The number of hydrogen-bond acceptors (Lipinski definition) is 5. The molecule has 1 aliphatic rings. The van der Waals surface area contributed by atoms with Gasteiger partial charge in [-0.15, -0.1) is 0 Å². The number of rotatable bonds is 2. The molecule has 1 amide bonds. The standard InChI is InChI=1S/C12H14N2O3S/c1-12(5-3-7-17-12)10(16)14-11-13-8-9(18-11)4-2-6-15/h8,15H,3,5-7H2,1H3,(H,13,14,16). The van der Waals surface area contributed by atoms with Crippen LogP contribution >= 0.6 is 11.3 Å². The first-order valence-corrected chi connectivity index (χ1v) is 6.47. The average molecular weight is 266 g/mol. The van der Waals surface area contributed by atoms with Gasteiger partial charge in [0, 0.05) is 6.61 Å². The van der Waals surface area contributed by atoms with Crippen molar-refractivity contribution < 1.29 is 14.6 Å². The fraction of sp³-hybridized carbons (Fsp3) is 0.500.